The van der Waals surface area contributed by atoms with E-state index in [2.05, 4.69) is 20.8 Å². The summed E-state index contributed by atoms with van der Waals surface area (Å²) in [6, 6.07) is 5.44. The first-order valence-electron chi connectivity index (χ1n) is 6.68. The minimum Gasteiger partial charge on any atom is -0.343 e. The van der Waals surface area contributed by atoms with Crippen LogP contribution in [-0.4, -0.2) is 28.6 Å². The van der Waals surface area contributed by atoms with Crippen LogP contribution in [0.1, 0.15) is 15.9 Å². The lowest BCUT2D eigenvalue weighted by molar-refractivity contribution is -0.115. The van der Waals surface area contributed by atoms with E-state index in [9.17, 15) is 9.59 Å². The van der Waals surface area contributed by atoms with Crippen molar-refractivity contribution in [3.8, 4) is 0 Å². The Morgan fingerprint density at radius 2 is 2.18 bits per heavy atom. The Balaban J connectivity index is 1.65. The van der Waals surface area contributed by atoms with Crippen LogP contribution < -0.4 is 10.6 Å². The number of aryl methyl sites for hydroxylation is 1. The van der Waals surface area contributed by atoms with Gasteiger partial charge in [0.25, 0.3) is 5.91 Å². The number of H-pyrrole nitrogens is 1. The molecule has 2 amide bonds. The molecule has 0 aliphatic rings. The lowest BCUT2D eigenvalue weighted by Crippen LogP contribution is -2.32. The molecule has 0 aliphatic carbocycles. The summed E-state index contributed by atoms with van der Waals surface area (Å²) in [6.45, 7) is 1.89. The number of carbonyl (C=O) groups is 2. The third-order valence-electron chi connectivity index (χ3n) is 3.30. The van der Waals surface area contributed by atoms with E-state index < -0.39 is 0 Å². The van der Waals surface area contributed by atoms with E-state index >= 15 is 0 Å². The molecule has 22 heavy (non-hydrogen) atoms. The van der Waals surface area contributed by atoms with Crippen LogP contribution in [0.3, 0.4) is 0 Å². The number of thiophene rings is 1. The van der Waals surface area contributed by atoms with Crippen LogP contribution in [0.2, 0.25) is 0 Å². The molecule has 0 bridgehead atoms. The average Bonchev–Trinajstić information content (AvgIpc) is 3.19. The standard InChI is InChI=1S/C15H14N4O2S/c1-9-2-3-12(14-11(9)6-17-19-14)18-13(20)7-16-15(21)10-4-5-22-8-10/h2-6,8H,7H2,1H3,(H,16,21)(H,17,19)(H,18,20). The zero-order valence-electron chi connectivity index (χ0n) is 11.8. The highest BCUT2D eigenvalue weighted by Crippen LogP contribution is 2.23. The topological polar surface area (TPSA) is 86.9 Å². The van der Waals surface area contributed by atoms with Gasteiger partial charge in [0.05, 0.1) is 23.9 Å². The van der Waals surface area contributed by atoms with Crippen LogP contribution in [0.5, 0.6) is 0 Å². The fraction of sp³-hybridized carbons (Fsp3) is 0.133. The number of carbonyl (C=O) groups excluding carboxylic acids is 2. The summed E-state index contributed by atoms with van der Waals surface area (Å²) in [5, 5.41) is 16.7. The molecule has 0 radical (unpaired) electrons. The number of aromatic amines is 1. The maximum atomic E-state index is 12.0. The molecule has 1 aromatic carbocycles. The minimum absolute atomic E-state index is 0.0851. The third kappa shape index (κ3) is 2.84. The maximum absolute atomic E-state index is 12.0. The van der Waals surface area contributed by atoms with Gasteiger partial charge in [0.1, 0.15) is 0 Å². The average molecular weight is 314 g/mol. The molecule has 0 saturated carbocycles. The van der Waals surface area contributed by atoms with E-state index in [1.807, 2.05) is 24.4 Å². The number of fused-ring (bicyclic) bond motifs is 1. The number of hydrogen-bond donors (Lipinski definition) is 3. The molecular formula is C15H14N4O2S. The van der Waals surface area contributed by atoms with Crippen molar-refractivity contribution >= 4 is 39.7 Å². The van der Waals surface area contributed by atoms with E-state index in [1.54, 1.807) is 17.6 Å². The van der Waals surface area contributed by atoms with Crippen molar-refractivity contribution in [2.75, 3.05) is 11.9 Å². The molecule has 3 N–H and O–H groups in total. The summed E-state index contributed by atoms with van der Waals surface area (Å²) >= 11 is 1.44. The molecule has 0 unspecified atom stereocenters. The molecule has 0 fully saturated rings. The lowest BCUT2D eigenvalue weighted by atomic mass is 10.1. The van der Waals surface area contributed by atoms with Crippen LogP contribution >= 0.6 is 11.3 Å². The van der Waals surface area contributed by atoms with Crippen LogP contribution in [-0.2, 0) is 4.79 Å². The Bertz CT molecular complexity index is 823. The monoisotopic (exact) mass is 314 g/mol. The maximum Gasteiger partial charge on any atom is 0.252 e. The predicted molar refractivity (Wildman–Crippen MR) is 86.1 cm³/mol. The Morgan fingerprint density at radius 3 is 2.95 bits per heavy atom. The molecule has 0 aliphatic heterocycles. The smallest absolute Gasteiger partial charge is 0.252 e. The normalized spacial score (nSPS) is 10.6. The van der Waals surface area contributed by atoms with Crippen LogP contribution in [0, 0.1) is 6.92 Å². The Morgan fingerprint density at radius 1 is 1.32 bits per heavy atom. The second-order valence-electron chi connectivity index (χ2n) is 4.83. The molecule has 0 spiro atoms. The van der Waals surface area contributed by atoms with Gasteiger partial charge >= 0.3 is 0 Å². The molecule has 0 saturated heterocycles. The highest BCUT2D eigenvalue weighted by Gasteiger charge is 2.11. The summed E-state index contributed by atoms with van der Waals surface area (Å²) in [6.07, 6.45) is 1.72. The SMILES string of the molecule is Cc1ccc(NC(=O)CNC(=O)c2ccsc2)c2[nH]ncc12. The summed E-state index contributed by atoms with van der Waals surface area (Å²) in [4.78, 5) is 23.8. The van der Waals surface area contributed by atoms with Gasteiger partial charge in [-0.05, 0) is 30.0 Å². The number of nitrogens with zero attached hydrogens (tertiary/aromatic N) is 1. The van der Waals surface area contributed by atoms with Crippen LogP contribution in [0.15, 0.2) is 35.2 Å². The van der Waals surface area contributed by atoms with Crippen molar-refractivity contribution < 1.29 is 9.59 Å². The molecule has 3 rings (SSSR count). The highest BCUT2D eigenvalue weighted by molar-refractivity contribution is 7.08. The van der Waals surface area contributed by atoms with Gasteiger partial charge in [0, 0.05) is 16.3 Å². The molecule has 2 heterocycles. The Hall–Kier alpha value is -2.67. The highest BCUT2D eigenvalue weighted by atomic mass is 32.1. The van der Waals surface area contributed by atoms with Crippen molar-refractivity contribution in [1.29, 1.82) is 0 Å². The fourth-order valence-electron chi connectivity index (χ4n) is 2.13. The zero-order valence-corrected chi connectivity index (χ0v) is 12.7. The number of benzene rings is 1. The molecule has 7 heteroatoms. The van der Waals surface area contributed by atoms with Crippen molar-refractivity contribution in [3.05, 3.63) is 46.3 Å². The fourth-order valence-corrected chi connectivity index (χ4v) is 2.76. The first-order valence-corrected chi connectivity index (χ1v) is 7.62. The summed E-state index contributed by atoms with van der Waals surface area (Å²) in [7, 11) is 0. The summed E-state index contributed by atoms with van der Waals surface area (Å²) in [5.74, 6) is -0.546. The van der Waals surface area contributed by atoms with Gasteiger partial charge in [-0.2, -0.15) is 16.4 Å². The third-order valence-corrected chi connectivity index (χ3v) is 3.98. The molecule has 3 aromatic rings. The van der Waals surface area contributed by atoms with E-state index in [1.165, 1.54) is 11.3 Å². The summed E-state index contributed by atoms with van der Waals surface area (Å²) < 4.78 is 0. The Labute approximate surface area is 130 Å². The number of aromatic nitrogens is 2. The van der Waals surface area contributed by atoms with Gasteiger partial charge in [0.2, 0.25) is 5.91 Å². The number of rotatable bonds is 4. The van der Waals surface area contributed by atoms with Gasteiger partial charge in [-0.25, -0.2) is 0 Å². The molecule has 2 aromatic heterocycles. The van der Waals surface area contributed by atoms with Crippen molar-refractivity contribution in [2.24, 2.45) is 0 Å². The van der Waals surface area contributed by atoms with Crippen molar-refractivity contribution in [2.45, 2.75) is 6.92 Å². The first-order chi connectivity index (χ1) is 10.6. The van der Waals surface area contributed by atoms with Gasteiger partial charge in [-0.15, -0.1) is 0 Å². The van der Waals surface area contributed by atoms with Crippen LogP contribution in [0.4, 0.5) is 5.69 Å². The number of anilines is 1. The van der Waals surface area contributed by atoms with E-state index in [0.717, 1.165) is 16.5 Å². The van der Waals surface area contributed by atoms with E-state index in [0.29, 0.717) is 11.3 Å². The largest absolute Gasteiger partial charge is 0.343 e. The summed E-state index contributed by atoms with van der Waals surface area (Å²) in [5.41, 5.74) is 3.06. The molecular weight excluding hydrogens is 300 g/mol. The molecule has 6 nitrogen and oxygen atoms in total. The predicted octanol–water partition coefficient (Wildman–Crippen LogP) is 2.30. The number of hydrogen-bond acceptors (Lipinski definition) is 4. The quantitative estimate of drug-likeness (QED) is 0.690. The second kappa shape index (κ2) is 5.98. The minimum atomic E-state index is -0.289. The second-order valence-corrected chi connectivity index (χ2v) is 5.61. The zero-order chi connectivity index (χ0) is 15.5. The van der Waals surface area contributed by atoms with Gasteiger partial charge < -0.3 is 10.6 Å². The van der Waals surface area contributed by atoms with Gasteiger partial charge in [-0.1, -0.05) is 6.07 Å². The number of amides is 2. The molecule has 112 valence electrons. The van der Waals surface area contributed by atoms with Gasteiger partial charge in [0.15, 0.2) is 0 Å². The number of nitrogens with one attached hydrogen (secondary N) is 3. The van der Waals surface area contributed by atoms with E-state index in [4.69, 9.17) is 0 Å². The van der Waals surface area contributed by atoms with Gasteiger partial charge in [-0.3, -0.25) is 14.7 Å². The van der Waals surface area contributed by atoms with Crippen LogP contribution in [0.25, 0.3) is 10.9 Å². The lowest BCUT2D eigenvalue weighted by Gasteiger charge is -2.08. The van der Waals surface area contributed by atoms with Crippen molar-refractivity contribution in [3.63, 3.8) is 0 Å². The molecule has 0 atom stereocenters. The van der Waals surface area contributed by atoms with E-state index in [-0.39, 0.29) is 18.4 Å². The van der Waals surface area contributed by atoms with Crippen molar-refractivity contribution in [1.82, 2.24) is 15.5 Å². The first kappa shape index (κ1) is 14.3. The Kier molecular flexibility index (Phi) is 3.88.